The largest absolute Gasteiger partial charge is 0.127 e. The second-order valence-corrected chi connectivity index (χ2v) is 13.6. The van der Waals surface area contributed by atoms with Gasteiger partial charge in [0.1, 0.15) is 8.07 Å². The third kappa shape index (κ3) is 4.11. The third-order valence-corrected chi connectivity index (χ3v) is 11.8. The van der Waals surface area contributed by atoms with Gasteiger partial charge in [0.25, 0.3) is 0 Å². The van der Waals surface area contributed by atoms with Crippen molar-refractivity contribution in [2.75, 3.05) is 5.88 Å². The van der Waals surface area contributed by atoms with Crippen molar-refractivity contribution < 1.29 is 0 Å². The van der Waals surface area contributed by atoms with E-state index < -0.39 is 8.07 Å². The molecule has 1 heterocycles. The van der Waals surface area contributed by atoms with Crippen LogP contribution in [0.2, 0.25) is 12.6 Å². The minimum Gasteiger partial charge on any atom is -0.127 e. The molecule has 2 heteroatoms. The van der Waals surface area contributed by atoms with E-state index in [1.165, 1.54) is 43.8 Å². The summed E-state index contributed by atoms with van der Waals surface area (Å²) in [7, 11) is -2.16. The molecule has 5 rings (SSSR count). The summed E-state index contributed by atoms with van der Waals surface area (Å²) in [5.41, 5.74) is 8.03. The molecule has 0 saturated heterocycles. The van der Waals surface area contributed by atoms with Crippen LogP contribution in [0.15, 0.2) is 121 Å². The molecule has 1 aliphatic rings. The molecule has 0 saturated carbocycles. The van der Waals surface area contributed by atoms with Gasteiger partial charge in [-0.25, -0.2) is 0 Å². The molecule has 0 radical (unpaired) electrons. The molecular weight excluding hydrogens is 448 g/mol. The van der Waals surface area contributed by atoms with Crippen LogP contribution < -0.4 is 0 Å². The number of alkyl halides is 1. The second-order valence-electron chi connectivity index (χ2n) is 9.09. The molecule has 0 nitrogen and oxygen atoms in total. The first-order valence-electron chi connectivity index (χ1n) is 12.0. The Labute approximate surface area is 209 Å². The normalized spacial score (nSPS) is 15.1. The van der Waals surface area contributed by atoms with Crippen LogP contribution in [0.1, 0.15) is 28.7 Å². The molecule has 0 unspecified atom stereocenters. The molecule has 4 aromatic rings. The highest BCUT2D eigenvalue weighted by atomic mass is 35.5. The highest BCUT2D eigenvalue weighted by Gasteiger charge is 2.46. The number of allylic oxidation sites excluding steroid dienone is 2. The fourth-order valence-corrected chi connectivity index (χ4v) is 10.8. The van der Waals surface area contributed by atoms with Crippen molar-refractivity contribution in [2.45, 2.75) is 19.0 Å². The lowest BCUT2D eigenvalue weighted by Gasteiger charge is -2.31. The van der Waals surface area contributed by atoms with Crippen LogP contribution in [0.3, 0.4) is 0 Å². The number of rotatable bonds is 7. The first-order chi connectivity index (χ1) is 16.7. The van der Waals surface area contributed by atoms with E-state index in [0.29, 0.717) is 5.88 Å². The lowest BCUT2D eigenvalue weighted by Crippen LogP contribution is -2.33. The van der Waals surface area contributed by atoms with Crippen molar-refractivity contribution in [3.05, 3.63) is 144 Å². The van der Waals surface area contributed by atoms with Gasteiger partial charge in [-0.2, -0.15) is 0 Å². The fourth-order valence-electron chi connectivity index (χ4n) is 5.52. The van der Waals surface area contributed by atoms with E-state index in [1.807, 2.05) is 0 Å². The summed E-state index contributed by atoms with van der Waals surface area (Å²) in [4.78, 5) is 0. The summed E-state index contributed by atoms with van der Waals surface area (Å²) in [6, 6.07) is 45.1. The van der Waals surface area contributed by atoms with E-state index in [4.69, 9.17) is 11.6 Å². The van der Waals surface area contributed by atoms with Crippen molar-refractivity contribution >= 4 is 41.2 Å². The fraction of sp³-hybridized carbons (Fsp3) is 0.125. The van der Waals surface area contributed by atoms with Gasteiger partial charge in [-0.3, -0.25) is 0 Å². The highest BCUT2D eigenvalue weighted by molar-refractivity contribution is 7.14. The Morgan fingerprint density at radius 3 is 1.15 bits per heavy atom. The Hall–Kier alpha value is -3.13. The van der Waals surface area contributed by atoms with Gasteiger partial charge in [-0.15, -0.1) is 11.6 Å². The Balaban J connectivity index is 1.93. The van der Waals surface area contributed by atoms with Crippen LogP contribution in [-0.4, -0.2) is 14.0 Å². The van der Waals surface area contributed by atoms with E-state index in [2.05, 4.69) is 128 Å². The van der Waals surface area contributed by atoms with Gasteiger partial charge in [-0.1, -0.05) is 128 Å². The summed E-state index contributed by atoms with van der Waals surface area (Å²) in [5.74, 6) is 0.689. The van der Waals surface area contributed by atoms with Crippen LogP contribution >= 0.6 is 11.6 Å². The summed E-state index contributed by atoms with van der Waals surface area (Å²) < 4.78 is 0. The number of halogens is 1. The summed E-state index contributed by atoms with van der Waals surface area (Å²) in [6.07, 6.45) is 1.01. The summed E-state index contributed by atoms with van der Waals surface area (Å²) in [5, 5.41) is 3.06. The van der Waals surface area contributed by atoms with Crippen molar-refractivity contribution in [1.82, 2.24) is 0 Å². The van der Waals surface area contributed by atoms with Gasteiger partial charge in [0.2, 0.25) is 0 Å². The Morgan fingerprint density at radius 2 is 0.824 bits per heavy atom. The molecule has 1 aliphatic heterocycles. The highest BCUT2D eigenvalue weighted by Crippen LogP contribution is 2.57. The first kappa shape index (κ1) is 22.6. The number of benzene rings is 4. The van der Waals surface area contributed by atoms with Crippen LogP contribution in [0.5, 0.6) is 0 Å². The minimum absolute atomic E-state index is 0.689. The second kappa shape index (κ2) is 10.0. The Morgan fingerprint density at radius 1 is 0.500 bits per heavy atom. The Kier molecular flexibility index (Phi) is 6.67. The van der Waals surface area contributed by atoms with Crippen molar-refractivity contribution in [3.8, 4) is 0 Å². The average Bonchev–Trinajstić information content (AvgIpc) is 3.18. The third-order valence-electron chi connectivity index (χ3n) is 6.91. The van der Waals surface area contributed by atoms with E-state index in [-0.39, 0.29) is 0 Å². The maximum Gasteiger partial charge on any atom is 0.118 e. The van der Waals surface area contributed by atoms with Gasteiger partial charge < -0.3 is 0 Å². The van der Waals surface area contributed by atoms with Crippen LogP contribution in [-0.2, 0) is 0 Å². The van der Waals surface area contributed by atoms with Crippen molar-refractivity contribution in [2.24, 2.45) is 0 Å². The van der Waals surface area contributed by atoms with Gasteiger partial charge >= 0.3 is 0 Å². The van der Waals surface area contributed by atoms with E-state index in [9.17, 15) is 0 Å². The van der Waals surface area contributed by atoms with E-state index >= 15 is 0 Å². The lowest BCUT2D eigenvalue weighted by molar-refractivity contribution is 1.07. The van der Waals surface area contributed by atoms with E-state index in [1.54, 1.807) is 0 Å². The van der Waals surface area contributed by atoms with Crippen LogP contribution in [0, 0.1) is 0 Å². The number of hydrogen-bond donors (Lipinski definition) is 0. The zero-order chi connectivity index (χ0) is 23.4. The zero-order valence-corrected chi connectivity index (χ0v) is 21.3. The molecule has 0 spiro atoms. The number of hydrogen-bond acceptors (Lipinski definition) is 0. The topological polar surface area (TPSA) is 0 Å². The quantitative estimate of drug-likeness (QED) is 0.184. The molecule has 0 atom stereocenters. The van der Waals surface area contributed by atoms with Crippen molar-refractivity contribution in [1.29, 1.82) is 0 Å². The minimum atomic E-state index is -2.16. The van der Waals surface area contributed by atoms with Gasteiger partial charge in [0.15, 0.2) is 0 Å². The van der Waals surface area contributed by atoms with Crippen molar-refractivity contribution in [3.63, 3.8) is 0 Å². The van der Waals surface area contributed by atoms with Gasteiger partial charge in [0.05, 0.1) is 0 Å². The smallest absolute Gasteiger partial charge is 0.118 e. The van der Waals surface area contributed by atoms with Crippen LogP contribution in [0.25, 0.3) is 21.5 Å². The molecule has 0 bridgehead atoms. The zero-order valence-electron chi connectivity index (χ0n) is 19.5. The predicted octanol–water partition coefficient (Wildman–Crippen LogP) is 9.01. The molecule has 34 heavy (non-hydrogen) atoms. The standard InChI is InChI=1S/C32H29ClSi/c1-34(24-14-23-33)31(27-19-10-4-11-20-27)29(25-15-6-2-7-16-25)30(26-17-8-3-9-18-26)32(34)28-21-12-5-13-22-28/h2-13,15-22H,14,23-24H2,1H3. The summed E-state index contributed by atoms with van der Waals surface area (Å²) >= 11 is 6.33. The summed E-state index contributed by atoms with van der Waals surface area (Å²) in [6.45, 7) is 2.56. The molecule has 0 N–H and O–H groups in total. The predicted molar refractivity (Wildman–Crippen MR) is 151 cm³/mol. The molecule has 0 fully saturated rings. The lowest BCUT2D eigenvalue weighted by atomic mass is 9.89. The van der Waals surface area contributed by atoms with Gasteiger partial charge in [0, 0.05) is 5.88 Å². The van der Waals surface area contributed by atoms with E-state index in [0.717, 1.165) is 12.5 Å². The maximum absolute atomic E-state index is 6.33. The SMILES string of the molecule is C[Si]1(CCCCl)C(c2ccccc2)=C(c2ccccc2)C(c2ccccc2)=C1c1ccccc1. The van der Waals surface area contributed by atoms with Crippen LogP contribution in [0.4, 0.5) is 0 Å². The average molecular weight is 477 g/mol. The molecular formula is C32H29ClSi. The molecule has 0 aromatic heterocycles. The first-order valence-corrected chi connectivity index (χ1v) is 15.3. The Bertz CT molecular complexity index is 1210. The molecule has 0 aliphatic carbocycles. The molecule has 4 aromatic carbocycles. The monoisotopic (exact) mass is 476 g/mol. The molecule has 168 valence electrons. The maximum atomic E-state index is 6.33. The van der Waals surface area contributed by atoms with Gasteiger partial charge in [-0.05, 0) is 56.3 Å². The molecule has 0 amide bonds.